The van der Waals surface area contributed by atoms with E-state index in [1.54, 1.807) is 19.2 Å². The van der Waals surface area contributed by atoms with E-state index in [0.717, 1.165) is 46.4 Å². The molecule has 0 atom stereocenters. The minimum Gasteiger partial charge on any atom is -0.494 e. The molecule has 3 aromatic heterocycles. The lowest BCUT2D eigenvalue weighted by Crippen LogP contribution is -2.05. The van der Waals surface area contributed by atoms with Gasteiger partial charge in [-0.05, 0) is 49.1 Å². The predicted octanol–water partition coefficient (Wildman–Crippen LogP) is 3.82. The number of fused-ring (bicyclic) bond motifs is 2. The molecule has 0 unspecified atom stereocenters. The summed E-state index contributed by atoms with van der Waals surface area (Å²) in [6, 6.07) is 9.76. The second-order valence-corrected chi connectivity index (χ2v) is 7.20. The van der Waals surface area contributed by atoms with E-state index in [9.17, 15) is 4.79 Å². The molecule has 0 aliphatic heterocycles. The van der Waals surface area contributed by atoms with Crippen molar-refractivity contribution in [1.82, 2.24) is 19.1 Å². The fourth-order valence-electron chi connectivity index (χ4n) is 3.80. The first-order valence-corrected chi connectivity index (χ1v) is 9.14. The van der Waals surface area contributed by atoms with Gasteiger partial charge in [0.05, 0.1) is 18.3 Å². The zero-order chi connectivity index (χ0) is 18.5. The average molecular weight is 360 g/mol. The molecule has 3 heterocycles. The number of aromatic nitrogens is 4. The van der Waals surface area contributed by atoms with Gasteiger partial charge in [0.15, 0.2) is 5.82 Å². The van der Waals surface area contributed by atoms with Crippen molar-refractivity contribution < 1.29 is 9.53 Å². The lowest BCUT2D eigenvalue weighted by molar-refractivity contribution is 0.112. The quantitative estimate of drug-likeness (QED) is 0.508. The van der Waals surface area contributed by atoms with E-state index in [2.05, 4.69) is 21.7 Å². The van der Waals surface area contributed by atoms with Crippen molar-refractivity contribution >= 4 is 28.4 Å². The molecule has 0 bridgehead atoms. The number of hydrogen-bond donors (Lipinski definition) is 0. The number of rotatable bonds is 5. The highest BCUT2D eigenvalue weighted by Crippen LogP contribution is 2.37. The average Bonchev–Trinajstić information content (AvgIpc) is 3.36. The molecule has 1 fully saturated rings. The second-order valence-electron chi connectivity index (χ2n) is 7.20. The summed E-state index contributed by atoms with van der Waals surface area (Å²) in [5.41, 5.74) is 4.24. The maximum Gasteiger partial charge on any atom is 0.157 e. The Bertz CT molecular complexity index is 1180. The Labute approximate surface area is 156 Å². The smallest absolute Gasteiger partial charge is 0.157 e. The highest BCUT2D eigenvalue weighted by molar-refractivity contribution is 5.92. The molecule has 0 saturated heterocycles. The summed E-state index contributed by atoms with van der Waals surface area (Å²) in [6.45, 7) is 0.954. The van der Waals surface area contributed by atoms with Gasteiger partial charge in [0.25, 0.3) is 0 Å². The van der Waals surface area contributed by atoms with E-state index in [0.29, 0.717) is 17.2 Å². The van der Waals surface area contributed by atoms with E-state index in [-0.39, 0.29) is 0 Å². The Morgan fingerprint density at radius 2 is 2.15 bits per heavy atom. The first kappa shape index (κ1) is 16.1. The number of hydrogen-bond acceptors (Lipinski definition) is 4. The summed E-state index contributed by atoms with van der Waals surface area (Å²) in [5, 5.41) is 1.11. The van der Waals surface area contributed by atoms with Crippen LogP contribution in [-0.2, 0) is 13.6 Å². The zero-order valence-electron chi connectivity index (χ0n) is 15.3. The van der Waals surface area contributed by atoms with Crippen molar-refractivity contribution in [2.24, 2.45) is 13.0 Å². The normalized spacial score (nSPS) is 14.1. The number of methoxy groups -OCH3 is 1. The molecule has 1 aliphatic carbocycles. The minimum absolute atomic E-state index is 0.559. The number of carbonyl (C=O) groups is 1. The van der Waals surface area contributed by atoms with E-state index < -0.39 is 0 Å². The fraction of sp³-hybridized carbons (Fsp3) is 0.286. The highest BCUT2D eigenvalue weighted by Gasteiger charge is 2.26. The largest absolute Gasteiger partial charge is 0.494 e. The van der Waals surface area contributed by atoms with Gasteiger partial charge in [-0.1, -0.05) is 0 Å². The molecular formula is C21H20N4O2. The lowest BCUT2D eigenvalue weighted by Gasteiger charge is -2.10. The van der Waals surface area contributed by atoms with Crippen LogP contribution in [0.3, 0.4) is 0 Å². The van der Waals surface area contributed by atoms with Crippen molar-refractivity contribution in [3.8, 4) is 17.3 Å². The predicted molar refractivity (Wildman–Crippen MR) is 104 cm³/mol. The van der Waals surface area contributed by atoms with E-state index >= 15 is 0 Å². The van der Waals surface area contributed by atoms with Gasteiger partial charge >= 0.3 is 0 Å². The molecule has 6 nitrogen and oxygen atoms in total. The molecule has 1 aromatic carbocycles. The number of nitrogens with zero attached hydrogens (tertiary/aromatic N) is 4. The molecular weight excluding hydrogens is 340 g/mol. The van der Waals surface area contributed by atoms with Crippen LogP contribution in [0.15, 0.2) is 36.5 Å². The molecule has 1 saturated carbocycles. The van der Waals surface area contributed by atoms with Crippen LogP contribution in [0.25, 0.3) is 33.6 Å². The maximum absolute atomic E-state index is 11.3. The van der Waals surface area contributed by atoms with Gasteiger partial charge in [0.1, 0.15) is 23.2 Å². The summed E-state index contributed by atoms with van der Waals surface area (Å²) in [7, 11) is 3.60. The van der Waals surface area contributed by atoms with E-state index in [4.69, 9.17) is 9.72 Å². The third-order valence-electron chi connectivity index (χ3n) is 5.33. The first-order valence-electron chi connectivity index (χ1n) is 9.14. The molecule has 6 heteroatoms. The highest BCUT2D eigenvalue weighted by atomic mass is 16.5. The number of ether oxygens (including phenoxy) is 1. The maximum atomic E-state index is 11.3. The number of aldehydes is 1. The first-order chi connectivity index (χ1) is 13.2. The second kappa shape index (κ2) is 5.94. The monoisotopic (exact) mass is 360 g/mol. The summed E-state index contributed by atoms with van der Waals surface area (Å²) in [6.07, 6.45) is 5.20. The van der Waals surface area contributed by atoms with Gasteiger partial charge in [0.2, 0.25) is 0 Å². The Morgan fingerprint density at radius 1 is 1.30 bits per heavy atom. The van der Waals surface area contributed by atoms with Crippen LogP contribution in [-0.4, -0.2) is 32.5 Å². The molecule has 0 radical (unpaired) electrons. The van der Waals surface area contributed by atoms with Crippen LogP contribution >= 0.6 is 0 Å². The van der Waals surface area contributed by atoms with Crippen LogP contribution in [0, 0.1) is 5.92 Å². The number of imidazole rings is 1. The van der Waals surface area contributed by atoms with Crippen LogP contribution in [0.5, 0.6) is 5.75 Å². The Balaban J connectivity index is 1.78. The Morgan fingerprint density at radius 3 is 2.89 bits per heavy atom. The van der Waals surface area contributed by atoms with Crippen molar-refractivity contribution in [2.75, 3.05) is 7.11 Å². The zero-order valence-corrected chi connectivity index (χ0v) is 15.3. The van der Waals surface area contributed by atoms with Gasteiger partial charge in [-0.15, -0.1) is 0 Å². The van der Waals surface area contributed by atoms with Crippen molar-refractivity contribution in [3.63, 3.8) is 0 Å². The molecule has 5 rings (SSSR count). The Kier molecular flexibility index (Phi) is 3.53. The summed E-state index contributed by atoms with van der Waals surface area (Å²) >= 11 is 0. The molecule has 0 N–H and O–H groups in total. The van der Waals surface area contributed by atoms with Crippen LogP contribution < -0.4 is 4.74 Å². The van der Waals surface area contributed by atoms with Crippen molar-refractivity contribution in [1.29, 1.82) is 0 Å². The SMILES string of the molecule is COc1cc(C=O)cc2nc(-c3cc4cccnc4n3CC3CC3)n(C)c12. The van der Waals surface area contributed by atoms with Gasteiger partial charge in [-0.2, -0.15) is 0 Å². The topological polar surface area (TPSA) is 61.9 Å². The van der Waals surface area contributed by atoms with Crippen molar-refractivity contribution in [3.05, 3.63) is 42.1 Å². The van der Waals surface area contributed by atoms with Crippen LogP contribution in [0.4, 0.5) is 0 Å². The number of pyridine rings is 1. The van der Waals surface area contributed by atoms with Gasteiger partial charge in [0, 0.05) is 30.7 Å². The third kappa shape index (κ3) is 2.51. The van der Waals surface area contributed by atoms with Crippen molar-refractivity contribution in [2.45, 2.75) is 19.4 Å². The van der Waals surface area contributed by atoms with Gasteiger partial charge < -0.3 is 13.9 Å². The van der Waals surface area contributed by atoms with Gasteiger partial charge in [-0.25, -0.2) is 9.97 Å². The van der Waals surface area contributed by atoms with E-state index in [1.165, 1.54) is 12.8 Å². The standard InChI is InChI=1S/C21H20N4O2/c1-24-19-16(8-14(12-26)9-18(19)27-2)23-21(24)17-10-15-4-3-7-22-20(15)25(17)11-13-5-6-13/h3-4,7-10,12-13H,5-6,11H2,1-2H3. The summed E-state index contributed by atoms with van der Waals surface area (Å²) in [4.78, 5) is 20.7. The van der Waals surface area contributed by atoms with Crippen LogP contribution in [0.2, 0.25) is 0 Å². The molecule has 4 aromatic rings. The number of aryl methyl sites for hydroxylation is 1. The number of carbonyl (C=O) groups excluding carboxylic acids is 1. The summed E-state index contributed by atoms with van der Waals surface area (Å²) < 4.78 is 9.85. The summed E-state index contributed by atoms with van der Waals surface area (Å²) in [5.74, 6) is 2.22. The van der Waals surface area contributed by atoms with E-state index in [1.807, 2.05) is 23.9 Å². The molecule has 136 valence electrons. The van der Waals surface area contributed by atoms with Gasteiger partial charge in [-0.3, -0.25) is 4.79 Å². The fourth-order valence-corrected chi connectivity index (χ4v) is 3.80. The molecule has 0 spiro atoms. The lowest BCUT2D eigenvalue weighted by atomic mass is 10.2. The van der Waals surface area contributed by atoms with Crippen LogP contribution in [0.1, 0.15) is 23.2 Å². The molecule has 1 aliphatic rings. The minimum atomic E-state index is 0.559. The third-order valence-corrected chi connectivity index (χ3v) is 5.33. The number of benzene rings is 1. The Hall–Kier alpha value is -3.15. The molecule has 27 heavy (non-hydrogen) atoms. The molecule has 0 amide bonds.